The van der Waals surface area contributed by atoms with E-state index in [0.29, 0.717) is 5.16 Å². The van der Waals surface area contributed by atoms with Gasteiger partial charge in [0.1, 0.15) is 17.6 Å². The predicted molar refractivity (Wildman–Crippen MR) is 92.2 cm³/mol. The van der Waals surface area contributed by atoms with Gasteiger partial charge in [0.2, 0.25) is 11.1 Å². The van der Waals surface area contributed by atoms with Crippen molar-refractivity contribution in [2.45, 2.75) is 31.0 Å². The number of aromatic amines is 1. The summed E-state index contributed by atoms with van der Waals surface area (Å²) in [5.74, 6) is 0.128. The van der Waals surface area contributed by atoms with Crippen LogP contribution < -0.4 is 5.32 Å². The fourth-order valence-electron chi connectivity index (χ4n) is 2.07. The van der Waals surface area contributed by atoms with Crippen LogP contribution in [-0.2, 0) is 27.2 Å². The first kappa shape index (κ1) is 18.8. The van der Waals surface area contributed by atoms with E-state index in [1.807, 2.05) is 6.92 Å². The lowest BCUT2D eigenvalue weighted by Gasteiger charge is -2.16. The molecule has 9 heteroatoms. The normalized spacial score (nSPS) is 11.8. The molecule has 0 fully saturated rings. The average Bonchev–Trinajstić information content (AvgIpc) is 3.08. The van der Waals surface area contributed by atoms with Crippen molar-refractivity contribution in [2.75, 3.05) is 12.9 Å². The van der Waals surface area contributed by atoms with Gasteiger partial charge in [-0.15, -0.1) is 5.10 Å². The summed E-state index contributed by atoms with van der Waals surface area (Å²) in [4.78, 5) is 28.2. The molecule has 0 radical (unpaired) electrons. The van der Waals surface area contributed by atoms with E-state index in [4.69, 9.17) is 4.74 Å². The third-order valence-corrected chi connectivity index (χ3v) is 4.22. The van der Waals surface area contributed by atoms with Gasteiger partial charge in [-0.2, -0.15) is 0 Å². The molecule has 0 bridgehead atoms. The number of ether oxygens (including phenoxy) is 1. The van der Waals surface area contributed by atoms with Crippen molar-refractivity contribution in [3.05, 3.63) is 35.7 Å². The molecule has 8 nitrogen and oxygen atoms in total. The summed E-state index contributed by atoms with van der Waals surface area (Å²) in [6.45, 7) is 1.95. The Morgan fingerprint density at radius 1 is 1.36 bits per heavy atom. The highest BCUT2D eigenvalue weighted by atomic mass is 32.2. The van der Waals surface area contributed by atoms with Crippen molar-refractivity contribution >= 4 is 23.6 Å². The SMILES string of the molecule is CCc1nc(SCC(=O)N[C@@H](Cc2ccc(O)cc2)C(=O)OC)n[nH]1. The summed E-state index contributed by atoms with van der Waals surface area (Å²) in [6, 6.07) is 5.62. The molecule has 0 spiro atoms. The first-order valence-electron chi connectivity index (χ1n) is 7.71. The van der Waals surface area contributed by atoms with Crippen LogP contribution in [0.1, 0.15) is 18.3 Å². The van der Waals surface area contributed by atoms with Crippen molar-refractivity contribution < 1.29 is 19.4 Å². The number of phenolic OH excluding ortho intramolecular Hbond substituents is 1. The highest BCUT2D eigenvalue weighted by Crippen LogP contribution is 2.14. The molecule has 0 aliphatic rings. The van der Waals surface area contributed by atoms with E-state index in [-0.39, 0.29) is 23.8 Å². The summed E-state index contributed by atoms with van der Waals surface area (Å²) in [7, 11) is 1.27. The summed E-state index contributed by atoms with van der Waals surface area (Å²) in [6.07, 6.45) is 1.00. The Kier molecular flexibility index (Phi) is 6.81. The van der Waals surface area contributed by atoms with E-state index in [1.54, 1.807) is 12.1 Å². The number of hydrogen-bond acceptors (Lipinski definition) is 7. The minimum Gasteiger partial charge on any atom is -0.508 e. The molecule has 1 heterocycles. The second kappa shape index (κ2) is 9.07. The molecule has 3 N–H and O–H groups in total. The van der Waals surface area contributed by atoms with Gasteiger partial charge in [-0.3, -0.25) is 9.89 Å². The molecule has 2 aromatic rings. The van der Waals surface area contributed by atoms with E-state index < -0.39 is 12.0 Å². The molecule has 0 aliphatic carbocycles. The van der Waals surface area contributed by atoms with Crippen molar-refractivity contribution in [2.24, 2.45) is 0 Å². The van der Waals surface area contributed by atoms with Gasteiger partial charge in [-0.25, -0.2) is 9.78 Å². The van der Waals surface area contributed by atoms with E-state index >= 15 is 0 Å². The average molecular weight is 364 g/mol. The zero-order valence-electron chi connectivity index (χ0n) is 14.0. The number of aryl methyl sites for hydroxylation is 1. The number of carbonyl (C=O) groups is 2. The van der Waals surface area contributed by atoms with Crippen molar-refractivity contribution in [3.63, 3.8) is 0 Å². The first-order valence-corrected chi connectivity index (χ1v) is 8.69. The highest BCUT2D eigenvalue weighted by Gasteiger charge is 2.22. The topological polar surface area (TPSA) is 117 Å². The fourth-order valence-corrected chi connectivity index (χ4v) is 2.70. The predicted octanol–water partition coefficient (Wildman–Crippen LogP) is 1.07. The molecule has 0 aliphatic heterocycles. The molecule has 0 saturated carbocycles. The minimum atomic E-state index is -0.805. The number of aromatic nitrogens is 3. The Morgan fingerprint density at radius 3 is 2.68 bits per heavy atom. The Bertz CT molecular complexity index is 717. The minimum absolute atomic E-state index is 0.0874. The summed E-state index contributed by atoms with van der Waals surface area (Å²) in [5.41, 5.74) is 0.794. The Morgan fingerprint density at radius 2 is 2.08 bits per heavy atom. The number of methoxy groups -OCH3 is 1. The monoisotopic (exact) mass is 364 g/mol. The van der Waals surface area contributed by atoms with E-state index in [9.17, 15) is 14.7 Å². The van der Waals surface area contributed by atoms with Crippen LogP contribution in [-0.4, -0.2) is 51.1 Å². The number of esters is 1. The van der Waals surface area contributed by atoms with Crippen LogP contribution in [0.3, 0.4) is 0 Å². The number of nitrogens with one attached hydrogen (secondary N) is 2. The largest absolute Gasteiger partial charge is 0.508 e. The van der Waals surface area contributed by atoms with Gasteiger partial charge in [0, 0.05) is 12.8 Å². The zero-order valence-corrected chi connectivity index (χ0v) is 14.8. The number of rotatable bonds is 8. The fraction of sp³-hybridized carbons (Fsp3) is 0.375. The third-order valence-electron chi connectivity index (χ3n) is 3.38. The maximum atomic E-state index is 12.1. The number of benzene rings is 1. The number of nitrogens with zero attached hydrogens (tertiary/aromatic N) is 2. The van der Waals surface area contributed by atoms with E-state index in [0.717, 1.165) is 17.8 Å². The van der Waals surface area contributed by atoms with Crippen LogP contribution in [0.4, 0.5) is 0 Å². The van der Waals surface area contributed by atoms with Crippen LogP contribution in [0, 0.1) is 0 Å². The molecular formula is C16H20N4O4S. The molecule has 134 valence electrons. The van der Waals surface area contributed by atoms with E-state index in [2.05, 4.69) is 20.5 Å². The van der Waals surface area contributed by atoms with Gasteiger partial charge in [-0.05, 0) is 17.7 Å². The number of thioether (sulfide) groups is 1. The molecule has 2 rings (SSSR count). The first-order chi connectivity index (χ1) is 12.0. The smallest absolute Gasteiger partial charge is 0.328 e. The van der Waals surface area contributed by atoms with Gasteiger partial charge >= 0.3 is 5.97 Å². The van der Waals surface area contributed by atoms with Crippen LogP contribution in [0.15, 0.2) is 29.4 Å². The second-order valence-electron chi connectivity index (χ2n) is 5.22. The van der Waals surface area contributed by atoms with Gasteiger partial charge in [0.05, 0.1) is 12.9 Å². The lowest BCUT2D eigenvalue weighted by molar-refractivity contribution is -0.144. The Hall–Kier alpha value is -2.55. The summed E-state index contributed by atoms with van der Waals surface area (Å²) in [5, 5.41) is 19.2. The molecule has 0 saturated heterocycles. The van der Waals surface area contributed by atoms with Crippen LogP contribution in [0.2, 0.25) is 0 Å². The number of H-pyrrole nitrogens is 1. The van der Waals surface area contributed by atoms with Crippen LogP contribution in [0.5, 0.6) is 5.75 Å². The zero-order chi connectivity index (χ0) is 18.2. The molecule has 0 unspecified atom stereocenters. The standard InChI is InChI=1S/C16H20N4O4S/c1-3-13-18-16(20-19-13)25-9-14(22)17-12(15(23)24-2)8-10-4-6-11(21)7-5-10/h4-7,12,21H,3,8-9H2,1-2H3,(H,17,22)(H,18,19,20)/t12-/m0/s1. The lowest BCUT2D eigenvalue weighted by Crippen LogP contribution is -2.43. The van der Waals surface area contributed by atoms with Gasteiger partial charge in [0.25, 0.3) is 0 Å². The number of carbonyl (C=O) groups excluding carboxylic acids is 2. The number of phenols is 1. The number of hydrogen-bond donors (Lipinski definition) is 3. The summed E-state index contributed by atoms with van der Waals surface area (Å²) < 4.78 is 4.75. The van der Waals surface area contributed by atoms with Gasteiger partial charge in [-0.1, -0.05) is 30.8 Å². The highest BCUT2D eigenvalue weighted by molar-refractivity contribution is 7.99. The van der Waals surface area contributed by atoms with Crippen molar-refractivity contribution in [3.8, 4) is 5.75 Å². The summed E-state index contributed by atoms with van der Waals surface area (Å²) >= 11 is 1.18. The maximum Gasteiger partial charge on any atom is 0.328 e. The molecular weight excluding hydrogens is 344 g/mol. The second-order valence-corrected chi connectivity index (χ2v) is 6.16. The quantitative estimate of drug-likeness (QED) is 0.474. The molecule has 25 heavy (non-hydrogen) atoms. The van der Waals surface area contributed by atoms with E-state index in [1.165, 1.54) is 31.0 Å². The van der Waals surface area contributed by atoms with Crippen molar-refractivity contribution in [1.29, 1.82) is 0 Å². The maximum absolute atomic E-state index is 12.1. The van der Waals surface area contributed by atoms with Crippen LogP contribution >= 0.6 is 11.8 Å². The Labute approximate surface area is 149 Å². The molecule has 1 amide bonds. The van der Waals surface area contributed by atoms with Gasteiger partial charge < -0.3 is 15.2 Å². The lowest BCUT2D eigenvalue weighted by atomic mass is 10.1. The number of amides is 1. The van der Waals surface area contributed by atoms with Crippen LogP contribution in [0.25, 0.3) is 0 Å². The molecule has 1 atom stereocenters. The Balaban J connectivity index is 1.92. The molecule has 1 aromatic heterocycles. The third kappa shape index (κ3) is 5.79. The molecule has 1 aromatic carbocycles. The van der Waals surface area contributed by atoms with Crippen molar-refractivity contribution in [1.82, 2.24) is 20.5 Å². The number of aromatic hydroxyl groups is 1. The van der Waals surface area contributed by atoms with Gasteiger partial charge in [0.15, 0.2) is 0 Å².